The van der Waals surface area contributed by atoms with Crippen molar-refractivity contribution in [3.8, 4) is 5.75 Å². The fourth-order valence-electron chi connectivity index (χ4n) is 1.43. The maximum atomic E-state index is 6.39. The minimum atomic E-state index is -0.284. The first-order chi connectivity index (χ1) is 8.11. The predicted molar refractivity (Wildman–Crippen MR) is 75.0 cm³/mol. The van der Waals surface area contributed by atoms with E-state index in [0.717, 1.165) is 16.2 Å². The summed E-state index contributed by atoms with van der Waals surface area (Å²) in [5, 5.41) is 2.80. The van der Waals surface area contributed by atoms with Gasteiger partial charge in [0.1, 0.15) is 5.75 Å². The molecule has 0 bridgehead atoms. The lowest BCUT2D eigenvalue weighted by molar-refractivity contribution is 0.416. The Labute approximate surface area is 119 Å². The maximum absolute atomic E-state index is 6.39. The molecule has 1 aromatic carbocycles. The molecule has 2 aromatic rings. The molecular weight excluding hydrogens is 299 g/mol. The SMILES string of the molecule is COc1csc(C(Cl)c2ccc(Cl)cc2Cl)c1. The van der Waals surface area contributed by atoms with Gasteiger partial charge in [-0.05, 0) is 23.8 Å². The smallest absolute Gasteiger partial charge is 0.129 e. The second-order valence-corrected chi connectivity index (χ2v) is 5.64. The molecule has 0 aliphatic rings. The fraction of sp³-hybridized carbons (Fsp3) is 0.167. The summed E-state index contributed by atoms with van der Waals surface area (Å²) in [6.45, 7) is 0. The molecule has 17 heavy (non-hydrogen) atoms. The number of halogens is 3. The van der Waals surface area contributed by atoms with Crippen LogP contribution in [0.4, 0.5) is 0 Å². The van der Waals surface area contributed by atoms with Crippen LogP contribution in [0.5, 0.6) is 5.75 Å². The molecule has 2 rings (SSSR count). The van der Waals surface area contributed by atoms with Crippen molar-refractivity contribution in [2.24, 2.45) is 0 Å². The molecule has 1 aromatic heterocycles. The summed E-state index contributed by atoms with van der Waals surface area (Å²) in [5.74, 6) is 0.806. The molecule has 1 unspecified atom stereocenters. The molecule has 0 fully saturated rings. The standard InChI is InChI=1S/C12H9Cl3OS/c1-16-8-5-11(17-6-8)12(15)9-3-2-7(13)4-10(9)14/h2-6,12H,1H3. The summed E-state index contributed by atoms with van der Waals surface area (Å²) in [7, 11) is 1.63. The van der Waals surface area contributed by atoms with Crippen molar-refractivity contribution in [2.45, 2.75) is 5.38 Å². The van der Waals surface area contributed by atoms with Gasteiger partial charge in [0.15, 0.2) is 0 Å². The third-order valence-electron chi connectivity index (χ3n) is 2.32. The zero-order valence-corrected chi connectivity index (χ0v) is 12.0. The quantitative estimate of drug-likeness (QED) is 0.691. The molecule has 0 N–H and O–H groups in total. The molecule has 0 saturated heterocycles. The minimum Gasteiger partial charge on any atom is -0.496 e. The Morgan fingerprint density at radius 3 is 2.59 bits per heavy atom. The van der Waals surface area contributed by atoms with E-state index in [2.05, 4.69) is 0 Å². The molecule has 0 saturated carbocycles. The summed E-state index contributed by atoms with van der Waals surface area (Å²) in [6, 6.07) is 7.23. The Morgan fingerprint density at radius 2 is 2.00 bits per heavy atom. The lowest BCUT2D eigenvalue weighted by Crippen LogP contribution is -1.91. The number of rotatable bonds is 3. The molecule has 0 aliphatic heterocycles. The molecule has 90 valence electrons. The third kappa shape index (κ3) is 2.89. The van der Waals surface area contributed by atoms with E-state index in [-0.39, 0.29) is 5.38 Å². The maximum Gasteiger partial charge on any atom is 0.129 e. The summed E-state index contributed by atoms with van der Waals surface area (Å²) in [5.41, 5.74) is 0.849. The van der Waals surface area contributed by atoms with Crippen LogP contribution in [0.25, 0.3) is 0 Å². The van der Waals surface area contributed by atoms with Gasteiger partial charge in [0, 0.05) is 20.3 Å². The van der Waals surface area contributed by atoms with E-state index in [1.165, 1.54) is 0 Å². The molecule has 5 heteroatoms. The first kappa shape index (κ1) is 13.0. The van der Waals surface area contributed by atoms with Crippen molar-refractivity contribution in [1.82, 2.24) is 0 Å². The molecule has 0 radical (unpaired) electrons. The van der Waals surface area contributed by atoms with E-state index in [4.69, 9.17) is 39.5 Å². The van der Waals surface area contributed by atoms with Gasteiger partial charge in [0.25, 0.3) is 0 Å². The number of thiophene rings is 1. The number of hydrogen-bond donors (Lipinski definition) is 0. The van der Waals surface area contributed by atoms with Gasteiger partial charge >= 0.3 is 0 Å². The zero-order chi connectivity index (χ0) is 12.4. The highest BCUT2D eigenvalue weighted by Crippen LogP contribution is 2.39. The Balaban J connectivity index is 2.33. The van der Waals surface area contributed by atoms with E-state index in [1.54, 1.807) is 30.6 Å². The number of hydrogen-bond acceptors (Lipinski definition) is 2. The second kappa shape index (κ2) is 5.49. The Morgan fingerprint density at radius 1 is 1.24 bits per heavy atom. The van der Waals surface area contributed by atoms with Gasteiger partial charge in [-0.25, -0.2) is 0 Å². The third-order valence-corrected chi connectivity index (χ3v) is 4.45. The first-order valence-corrected chi connectivity index (χ1v) is 6.90. The predicted octanol–water partition coefficient (Wildman–Crippen LogP) is 5.39. The van der Waals surface area contributed by atoms with Crippen LogP contribution in [0, 0.1) is 0 Å². The molecule has 1 atom stereocenters. The Kier molecular flexibility index (Phi) is 4.21. The minimum absolute atomic E-state index is 0.284. The van der Waals surface area contributed by atoms with Gasteiger partial charge in [0.05, 0.1) is 12.5 Å². The number of methoxy groups -OCH3 is 1. The van der Waals surface area contributed by atoms with E-state index >= 15 is 0 Å². The average molecular weight is 308 g/mol. The largest absolute Gasteiger partial charge is 0.496 e. The van der Waals surface area contributed by atoms with Crippen LogP contribution in [0.15, 0.2) is 29.6 Å². The van der Waals surface area contributed by atoms with E-state index in [1.807, 2.05) is 17.5 Å². The zero-order valence-electron chi connectivity index (χ0n) is 8.91. The highest BCUT2D eigenvalue weighted by Gasteiger charge is 2.16. The summed E-state index contributed by atoms with van der Waals surface area (Å²) >= 11 is 19.9. The van der Waals surface area contributed by atoms with E-state index < -0.39 is 0 Å². The van der Waals surface area contributed by atoms with Crippen LogP contribution in [0.3, 0.4) is 0 Å². The van der Waals surface area contributed by atoms with E-state index in [0.29, 0.717) is 10.0 Å². The molecule has 1 nitrogen and oxygen atoms in total. The van der Waals surface area contributed by atoms with Crippen molar-refractivity contribution in [1.29, 1.82) is 0 Å². The second-order valence-electron chi connectivity index (χ2n) is 3.42. The lowest BCUT2D eigenvalue weighted by Gasteiger charge is -2.09. The van der Waals surface area contributed by atoms with E-state index in [9.17, 15) is 0 Å². The van der Waals surface area contributed by atoms with Gasteiger partial charge in [-0.15, -0.1) is 22.9 Å². The first-order valence-electron chi connectivity index (χ1n) is 4.83. The molecule has 0 aliphatic carbocycles. The monoisotopic (exact) mass is 306 g/mol. The van der Waals surface area contributed by atoms with Gasteiger partial charge < -0.3 is 4.74 Å². The molecule has 0 amide bonds. The topological polar surface area (TPSA) is 9.23 Å². The van der Waals surface area contributed by atoms with Crippen molar-refractivity contribution in [3.63, 3.8) is 0 Å². The molecular formula is C12H9Cl3OS. The van der Waals surface area contributed by atoms with Crippen molar-refractivity contribution in [3.05, 3.63) is 50.1 Å². The van der Waals surface area contributed by atoms with Gasteiger partial charge in [-0.1, -0.05) is 29.3 Å². The van der Waals surface area contributed by atoms with Crippen molar-refractivity contribution in [2.75, 3.05) is 7.11 Å². The fourth-order valence-corrected chi connectivity index (χ4v) is 3.26. The van der Waals surface area contributed by atoms with Crippen LogP contribution < -0.4 is 4.74 Å². The highest BCUT2D eigenvalue weighted by atomic mass is 35.5. The van der Waals surface area contributed by atoms with Crippen LogP contribution in [-0.2, 0) is 0 Å². The number of ether oxygens (including phenoxy) is 1. The van der Waals surface area contributed by atoms with Crippen LogP contribution in [-0.4, -0.2) is 7.11 Å². The molecule has 1 heterocycles. The Hall–Kier alpha value is -0.410. The number of benzene rings is 1. The van der Waals surface area contributed by atoms with Gasteiger partial charge in [0.2, 0.25) is 0 Å². The van der Waals surface area contributed by atoms with Crippen LogP contribution in [0.1, 0.15) is 15.8 Å². The summed E-state index contributed by atoms with van der Waals surface area (Å²) in [4.78, 5) is 0.993. The van der Waals surface area contributed by atoms with Crippen LogP contribution in [0.2, 0.25) is 10.0 Å². The summed E-state index contributed by atoms with van der Waals surface area (Å²) < 4.78 is 5.13. The van der Waals surface area contributed by atoms with Crippen molar-refractivity contribution < 1.29 is 4.74 Å². The van der Waals surface area contributed by atoms with Gasteiger partial charge in [-0.3, -0.25) is 0 Å². The van der Waals surface area contributed by atoms with Crippen molar-refractivity contribution >= 4 is 46.1 Å². The summed E-state index contributed by atoms with van der Waals surface area (Å²) in [6.07, 6.45) is 0. The van der Waals surface area contributed by atoms with Gasteiger partial charge in [-0.2, -0.15) is 0 Å². The normalized spacial score (nSPS) is 12.5. The Bertz CT molecular complexity index is 524. The number of alkyl halides is 1. The van der Waals surface area contributed by atoms with Crippen LogP contribution >= 0.6 is 46.1 Å². The lowest BCUT2D eigenvalue weighted by atomic mass is 10.1. The highest BCUT2D eigenvalue weighted by molar-refractivity contribution is 7.10. The molecule has 0 spiro atoms. The average Bonchev–Trinajstić information content (AvgIpc) is 2.76.